The van der Waals surface area contributed by atoms with E-state index in [1.165, 1.54) is 5.01 Å². The van der Waals surface area contributed by atoms with Crippen molar-refractivity contribution < 1.29 is 19.1 Å². The number of hydrogen-bond acceptors (Lipinski definition) is 7. The van der Waals surface area contributed by atoms with Gasteiger partial charge >= 0.3 is 5.97 Å². The Balaban J connectivity index is 1.90. The minimum absolute atomic E-state index is 0.274. The van der Waals surface area contributed by atoms with Crippen molar-refractivity contribution in [2.24, 2.45) is 5.10 Å². The SMILES string of the molecule is CCOC(=O)c1sc(N2N=C(C)C(=Cc3ccc(OC)c(Br)c3)C2=O)nc1C. The highest BCUT2D eigenvalue weighted by atomic mass is 79.9. The van der Waals surface area contributed by atoms with E-state index >= 15 is 0 Å². The molecule has 7 nitrogen and oxygen atoms in total. The zero-order valence-electron chi connectivity index (χ0n) is 15.8. The second kappa shape index (κ2) is 8.24. The normalized spacial score (nSPS) is 15.2. The van der Waals surface area contributed by atoms with Crippen molar-refractivity contribution in [1.29, 1.82) is 0 Å². The van der Waals surface area contributed by atoms with Gasteiger partial charge in [0.05, 0.1) is 35.2 Å². The fourth-order valence-corrected chi connectivity index (χ4v) is 4.08. The number of ether oxygens (including phenoxy) is 2. The number of nitrogens with zero attached hydrogens (tertiary/aromatic N) is 3. The van der Waals surface area contributed by atoms with Gasteiger partial charge in [0.25, 0.3) is 5.91 Å². The van der Waals surface area contributed by atoms with Gasteiger partial charge in [-0.25, -0.2) is 9.78 Å². The predicted octanol–water partition coefficient (Wildman–Crippen LogP) is 4.21. The molecule has 0 saturated carbocycles. The molecule has 0 fully saturated rings. The number of carbonyl (C=O) groups is 2. The Hall–Kier alpha value is -2.52. The highest BCUT2D eigenvalue weighted by molar-refractivity contribution is 9.10. The molecule has 0 unspecified atom stereocenters. The van der Waals surface area contributed by atoms with E-state index in [0.717, 1.165) is 21.4 Å². The van der Waals surface area contributed by atoms with Gasteiger partial charge < -0.3 is 9.47 Å². The molecule has 3 rings (SSSR count). The molecule has 0 aliphatic carbocycles. The second-order valence-corrected chi connectivity index (χ2v) is 7.72. The van der Waals surface area contributed by atoms with Crippen LogP contribution in [0.25, 0.3) is 6.08 Å². The van der Waals surface area contributed by atoms with Crippen LogP contribution in [0.5, 0.6) is 5.75 Å². The van der Waals surface area contributed by atoms with Crippen LogP contribution in [-0.4, -0.2) is 36.3 Å². The first-order valence-electron chi connectivity index (χ1n) is 8.45. The third kappa shape index (κ3) is 3.85. The Morgan fingerprint density at radius 1 is 1.36 bits per heavy atom. The van der Waals surface area contributed by atoms with E-state index in [-0.39, 0.29) is 12.5 Å². The number of aryl methyl sites for hydroxylation is 1. The largest absolute Gasteiger partial charge is 0.496 e. The Bertz CT molecular complexity index is 1010. The molecule has 0 bridgehead atoms. The van der Waals surface area contributed by atoms with Crippen molar-refractivity contribution in [3.8, 4) is 5.75 Å². The van der Waals surface area contributed by atoms with Crippen LogP contribution in [0.3, 0.4) is 0 Å². The van der Waals surface area contributed by atoms with Crippen molar-refractivity contribution in [2.45, 2.75) is 20.8 Å². The number of rotatable bonds is 5. The number of esters is 1. The zero-order chi connectivity index (χ0) is 20.4. The molecular formula is C19H18BrN3O4S. The van der Waals surface area contributed by atoms with E-state index in [1.807, 2.05) is 18.2 Å². The number of thiazole rings is 1. The predicted molar refractivity (Wildman–Crippen MR) is 112 cm³/mol. The van der Waals surface area contributed by atoms with Gasteiger partial charge in [-0.1, -0.05) is 17.4 Å². The number of benzene rings is 1. The third-order valence-electron chi connectivity index (χ3n) is 3.98. The summed E-state index contributed by atoms with van der Waals surface area (Å²) in [7, 11) is 1.59. The van der Waals surface area contributed by atoms with E-state index in [0.29, 0.717) is 32.7 Å². The van der Waals surface area contributed by atoms with Crippen LogP contribution < -0.4 is 9.75 Å². The Labute approximate surface area is 174 Å². The van der Waals surface area contributed by atoms with Gasteiger partial charge in [-0.05, 0) is 60.5 Å². The maximum absolute atomic E-state index is 12.9. The quantitative estimate of drug-likeness (QED) is 0.489. The summed E-state index contributed by atoms with van der Waals surface area (Å²) in [6.07, 6.45) is 1.76. The van der Waals surface area contributed by atoms with Crippen molar-refractivity contribution >= 4 is 56.1 Å². The lowest BCUT2D eigenvalue weighted by Gasteiger charge is -2.07. The van der Waals surface area contributed by atoms with Gasteiger partial charge in [0.15, 0.2) is 0 Å². The summed E-state index contributed by atoms with van der Waals surface area (Å²) < 4.78 is 11.0. The lowest BCUT2D eigenvalue weighted by Crippen LogP contribution is -2.21. The molecule has 1 amide bonds. The summed E-state index contributed by atoms with van der Waals surface area (Å²) >= 11 is 4.53. The number of aromatic nitrogens is 1. The number of anilines is 1. The standard InChI is InChI=1S/C19H18BrN3O4S/c1-5-27-18(25)16-11(3)21-19(28-16)23-17(24)13(10(2)22-23)8-12-6-7-15(26-4)14(20)9-12/h6-9H,5H2,1-4H3. The van der Waals surface area contributed by atoms with Crippen LogP contribution in [0, 0.1) is 6.92 Å². The Kier molecular flexibility index (Phi) is 5.95. The van der Waals surface area contributed by atoms with Crippen LogP contribution in [0.2, 0.25) is 0 Å². The summed E-state index contributed by atoms with van der Waals surface area (Å²) in [5.74, 6) is -0.0415. The minimum Gasteiger partial charge on any atom is -0.496 e. The van der Waals surface area contributed by atoms with E-state index < -0.39 is 5.97 Å². The maximum Gasteiger partial charge on any atom is 0.350 e. The zero-order valence-corrected chi connectivity index (χ0v) is 18.2. The van der Waals surface area contributed by atoms with Crippen LogP contribution in [0.15, 0.2) is 33.3 Å². The summed E-state index contributed by atoms with van der Waals surface area (Å²) in [6, 6.07) is 5.53. The number of hydrazone groups is 1. The van der Waals surface area contributed by atoms with Crippen LogP contribution in [-0.2, 0) is 9.53 Å². The van der Waals surface area contributed by atoms with Crippen molar-refractivity contribution in [3.63, 3.8) is 0 Å². The molecule has 1 aliphatic rings. The van der Waals surface area contributed by atoms with E-state index in [4.69, 9.17) is 9.47 Å². The highest BCUT2D eigenvalue weighted by Gasteiger charge is 2.32. The summed E-state index contributed by atoms with van der Waals surface area (Å²) in [4.78, 5) is 29.6. The van der Waals surface area contributed by atoms with Crippen molar-refractivity contribution in [1.82, 2.24) is 4.98 Å². The monoisotopic (exact) mass is 463 g/mol. The number of hydrogen-bond donors (Lipinski definition) is 0. The number of methoxy groups -OCH3 is 1. The van der Waals surface area contributed by atoms with Gasteiger partial charge in [-0.3, -0.25) is 4.79 Å². The van der Waals surface area contributed by atoms with Crippen molar-refractivity contribution in [3.05, 3.63) is 44.4 Å². The fraction of sp³-hybridized carbons (Fsp3) is 0.263. The molecule has 0 radical (unpaired) electrons. The molecule has 1 aromatic carbocycles. The lowest BCUT2D eigenvalue weighted by atomic mass is 10.1. The maximum atomic E-state index is 12.9. The molecule has 0 spiro atoms. The first-order chi connectivity index (χ1) is 13.3. The molecule has 0 N–H and O–H groups in total. The third-order valence-corrected chi connectivity index (χ3v) is 5.71. The molecule has 28 heavy (non-hydrogen) atoms. The average molecular weight is 464 g/mol. The first-order valence-corrected chi connectivity index (χ1v) is 10.1. The summed E-state index contributed by atoms with van der Waals surface area (Å²) in [5, 5.41) is 5.88. The summed E-state index contributed by atoms with van der Waals surface area (Å²) in [5.41, 5.74) is 2.37. The number of amides is 1. The highest BCUT2D eigenvalue weighted by Crippen LogP contribution is 2.32. The number of halogens is 1. The molecule has 2 aromatic rings. The molecule has 9 heteroatoms. The van der Waals surface area contributed by atoms with E-state index in [2.05, 4.69) is 26.0 Å². The topological polar surface area (TPSA) is 81.1 Å². The average Bonchev–Trinajstić information content (AvgIpc) is 3.17. The van der Waals surface area contributed by atoms with Crippen LogP contribution in [0.4, 0.5) is 5.13 Å². The first kappa shape index (κ1) is 20.2. The van der Waals surface area contributed by atoms with E-state index in [9.17, 15) is 9.59 Å². The van der Waals surface area contributed by atoms with Gasteiger partial charge in [-0.2, -0.15) is 10.1 Å². The molecule has 0 atom stereocenters. The Morgan fingerprint density at radius 2 is 2.11 bits per heavy atom. The van der Waals surface area contributed by atoms with Gasteiger partial charge in [0.2, 0.25) is 5.13 Å². The Morgan fingerprint density at radius 3 is 2.75 bits per heavy atom. The molecule has 2 heterocycles. The van der Waals surface area contributed by atoms with E-state index in [1.54, 1.807) is 34.0 Å². The van der Waals surface area contributed by atoms with Crippen LogP contribution >= 0.6 is 27.3 Å². The summed E-state index contributed by atoms with van der Waals surface area (Å²) in [6.45, 7) is 5.47. The molecule has 146 valence electrons. The van der Waals surface area contributed by atoms with Gasteiger partial charge in [0.1, 0.15) is 10.6 Å². The molecule has 1 aliphatic heterocycles. The van der Waals surface area contributed by atoms with Gasteiger partial charge in [-0.15, -0.1) is 0 Å². The smallest absolute Gasteiger partial charge is 0.350 e. The second-order valence-electron chi connectivity index (χ2n) is 5.89. The van der Waals surface area contributed by atoms with Gasteiger partial charge in [0, 0.05) is 0 Å². The lowest BCUT2D eigenvalue weighted by molar-refractivity contribution is -0.114. The molecular weight excluding hydrogens is 446 g/mol. The minimum atomic E-state index is -0.449. The van der Waals surface area contributed by atoms with Crippen molar-refractivity contribution in [2.75, 3.05) is 18.7 Å². The number of carbonyl (C=O) groups excluding carboxylic acids is 2. The molecule has 1 aromatic heterocycles. The fourth-order valence-electron chi connectivity index (χ4n) is 2.61. The molecule has 0 saturated heterocycles. The van der Waals surface area contributed by atoms with Crippen LogP contribution in [0.1, 0.15) is 34.8 Å².